The lowest BCUT2D eigenvalue weighted by molar-refractivity contribution is -0.203. The molecule has 0 bridgehead atoms. The van der Waals surface area contributed by atoms with Crippen molar-refractivity contribution in [2.24, 2.45) is 17.8 Å². The Labute approximate surface area is 208 Å². The molecule has 0 saturated carbocycles. The zero-order chi connectivity index (χ0) is 24.2. The molecule has 2 aliphatic rings. The molecule has 2 N–H and O–H groups in total. The molecule has 3 atom stereocenters. The van der Waals surface area contributed by atoms with Crippen LogP contribution in [0.3, 0.4) is 0 Å². The van der Waals surface area contributed by atoms with Crippen molar-refractivity contribution in [3.8, 4) is 0 Å². The predicted octanol–water partition coefficient (Wildman–Crippen LogP) is 4.72. The second-order valence-electron chi connectivity index (χ2n) is 9.39. The lowest BCUT2D eigenvalue weighted by Gasteiger charge is -2.31. The highest BCUT2D eigenvalue weighted by atomic mass is 32.2. The fourth-order valence-electron chi connectivity index (χ4n) is 4.23. The molecule has 1 aromatic rings. The van der Waals surface area contributed by atoms with E-state index in [1.165, 1.54) is 0 Å². The Morgan fingerprint density at radius 2 is 1.97 bits per heavy atom. The Kier molecular flexibility index (Phi) is 11.4. The Bertz CT molecular complexity index is 778. The van der Waals surface area contributed by atoms with E-state index in [0.717, 1.165) is 50.0 Å². The third-order valence-corrected chi connectivity index (χ3v) is 7.11. The topological polar surface area (TPSA) is 79.9 Å². The maximum atomic E-state index is 13.4. The molecule has 2 saturated heterocycles. The number of nitrogens with one attached hydrogen (secondary N) is 2. The second kappa shape index (κ2) is 14.5. The molecule has 2 fully saturated rings. The summed E-state index contributed by atoms with van der Waals surface area (Å²) >= 11 is 1.64. The minimum Gasteiger partial charge on any atom is -0.350 e. The lowest BCUT2D eigenvalue weighted by Crippen LogP contribution is -2.48. The molecule has 1 unspecified atom stereocenters. The van der Waals surface area contributed by atoms with Gasteiger partial charge in [0, 0.05) is 25.3 Å². The fraction of sp³-hybridized carbons (Fsp3) is 0.615. The molecule has 1 aromatic carbocycles. The van der Waals surface area contributed by atoms with Crippen LogP contribution in [0.15, 0.2) is 36.4 Å². The monoisotopic (exact) mass is 489 g/mol. The second-order valence-corrected chi connectivity index (χ2v) is 10.5. The van der Waals surface area contributed by atoms with Gasteiger partial charge in [-0.3, -0.25) is 15.0 Å². The molecule has 2 amide bonds. The first-order valence-corrected chi connectivity index (χ1v) is 13.5. The number of benzene rings is 1. The summed E-state index contributed by atoms with van der Waals surface area (Å²) < 4.78 is 7.50. The maximum absolute atomic E-state index is 13.4. The standard InChI is InChI=1S/C26H39N3O4S/c1-20(2)19-23(25(30)27-29-16-7-9-18-34-29)22(14-10-13-21-11-4-3-5-12-21)26(31)28-33-24-15-6-8-17-32-24/h3-5,10-13,20,22-24H,6-9,14-19H2,1-2H3,(H,27,30)(H,28,31)/t22-,23+,24?/m0/s1. The molecule has 188 valence electrons. The highest BCUT2D eigenvalue weighted by Crippen LogP contribution is 2.27. The van der Waals surface area contributed by atoms with E-state index in [2.05, 4.69) is 24.8 Å². The van der Waals surface area contributed by atoms with Crippen LogP contribution >= 0.6 is 11.9 Å². The van der Waals surface area contributed by atoms with E-state index in [0.29, 0.717) is 19.4 Å². The zero-order valence-electron chi connectivity index (χ0n) is 20.4. The number of ether oxygens (including phenoxy) is 1. The quantitative estimate of drug-likeness (QED) is 0.346. The number of amides is 2. The van der Waals surface area contributed by atoms with Crippen molar-refractivity contribution < 1.29 is 19.2 Å². The number of carbonyl (C=O) groups is 2. The highest BCUT2D eigenvalue weighted by Gasteiger charge is 2.35. The van der Waals surface area contributed by atoms with Gasteiger partial charge in [-0.25, -0.2) is 10.3 Å². The number of hydroxylamine groups is 1. The van der Waals surface area contributed by atoms with Gasteiger partial charge in [0.15, 0.2) is 6.29 Å². The minimum absolute atomic E-state index is 0.106. The van der Waals surface area contributed by atoms with Crippen molar-refractivity contribution in [2.75, 3.05) is 18.9 Å². The van der Waals surface area contributed by atoms with Crippen LogP contribution in [-0.2, 0) is 19.2 Å². The summed E-state index contributed by atoms with van der Waals surface area (Å²) in [6, 6.07) is 9.96. The molecule has 34 heavy (non-hydrogen) atoms. The van der Waals surface area contributed by atoms with Gasteiger partial charge in [0.05, 0.1) is 11.8 Å². The molecule has 0 radical (unpaired) electrons. The van der Waals surface area contributed by atoms with Crippen LogP contribution in [0.25, 0.3) is 6.08 Å². The number of hydrogen-bond acceptors (Lipinski definition) is 6. The van der Waals surface area contributed by atoms with Crippen molar-refractivity contribution in [2.45, 2.75) is 65.1 Å². The van der Waals surface area contributed by atoms with Crippen LogP contribution in [0.2, 0.25) is 0 Å². The summed E-state index contributed by atoms with van der Waals surface area (Å²) in [6.45, 7) is 5.61. The first-order valence-electron chi connectivity index (χ1n) is 12.5. The largest absolute Gasteiger partial charge is 0.350 e. The van der Waals surface area contributed by atoms with Crippen molar-refractivity contribution in [1.82, 2.24) is 15.3 Å². The SMILES string of the molecule is CC(C)C[C@@H](C(=O)NN1CCCCS1)[C@H](CC=Cc1ccccc1)C(=O)NOC1CCCCO1. The van der Waals surface area contributed by atoms with E-state index < -0.39 is 18.1 Å². The lowest BCUT2D eigenvalue weighted by atomic mass is 9.82. The van der Waals surface area contributed by atoms with Gasteiger partial charge in [-0.15, -0.1) is 0 Å². The summed E-state index contributed by atoms with van der Waals surface area (Å²) in [7, 11) is 0. The predicted molar refractivity (Wildman–Crippen MR) is 136 cm³/mol. The Balaban J connectivity index is 1.72. The van der Waals surface area contributed by atoms with Crippen molar-refractivity contribution in [3.05, 3.63) is 42.0 Å². The molecule has 3 rings (SSSR count). The summed E-state index contributed by atoms with van der Waals surface area (Å²) in [4.78, 5) is 32.3. The molecular formula is C26H39N3O4S. The first-order chi connectivity index (χ1) is 16.5. The molecular weight excluding hydrogens is 450 g/mol. The van der Waals surface area contributed by atoms with E-state index in [4.69, 9.17) is 9.57 Å². The van der Waals surface area contributed by atoms with Gasteiger partial charge >= 0.3 is 0 Å². The van der Waals surface area contributed by atoms with E-state index >= 15 is 0 Å². The molecule has 0 aromatic heterocycles. The van der Waals surface area contributed by atoms with E-state index in [9.17, 15) is 9.59 Å². The maximum Gasteiger partial charge on any atom is 0.247 e. The molecule has 2 heterocycles. The molecule has 8 heteroatoms. The minimum atomic E-state index is -0.555. The molecule has 0 aliphatic carbocycles. The van der Waals surface area contributed by atoms with Gasteiger partial charge in [-0.1, -0.05) is 68.3 Å². The van der Waals surface area contributed by atoms with Gasteiger partial charge in [0.1, 0.15) is 0 Å². The Morgan fingerprint density at radius 1 is 1.15 bits per heavy atom. The smallest absolute Gasteiger partial charge is 0.247 e. The summed E-state index contributed by atoms with van der Waals surface area (Å²) in [5, 5.41) is 0. The van der Waals surface area contributed by atoms with Gasteiger partial charge in [-0.05, 0) is 50.0 Å². The number of rotatable bonds is 11. The fourth-order valence-corrected chi connectivity index (χ4v) is 5.19. The van der Waals surface area contributed by atoms with Crippen LogP contribution in [-0.4, -0.2) is 41.4 Å². The Hall–Kier alpha value is -1.87. The molecule has 0 spiro atoms. The van der Waals surface area contributed by atoms with Crippen molar-refractivity contribution in [1.29, 1.82) is 0 Å². The number of hydrogen-bond donors (Lipinski definition) is 2. The highest BCUT2D eigenvalue weighted by molar-refractivity contribution is 7.97. The Morgan fingerprint density at radius 3 is 2.65 bits per heavy atom. The van der Waals surface area contributed by atoms with Crippen molar-refractivity contribution >= 4 is 29.8 Å². The molecule has 7 nitrogen and oxygen atoms in total. The van der Waals surface area contributed by atoms with Gasteiger partial charge in [-0.2, -0.15) is 4.41 Å². The van der Waals surface area contributed by atoms with Gasteiger partial charge < -0.3 is 4.74 Å². The number of nitrogens with zero attached hydrogens (tertiary/aromatic N) is 1. The van der Waals surface area contributed by atoms with E-state index in [1.54, 1.807) is 11.9 Å². The number of carbonyl (C=O) groups excluding carboxylic acids is 2. The number of allylic oxidation sites excluding steroid dienone is 1. The van der Waals surface area contributed by atoms with Crippen LogP contribution < -0.4 is 10.9 Å². The van der Waals surface area contributed by atoms with Crippen molar-refractivity contribution in [3.63, 3.8) is 0 Å². The van der Waals surface area contributed by atoms with Crippen LogP contribution in [0.1, 0.15) is 64.4 Å². The summed E-state index contributed by atoms with van der Waals surface area (Å²) in [6.07, 6.45) is 9.57. The first kappa shape index (κ1) is 26.7. The average molecular weight is 490 g/mol. The van der Waals surface area contributed by atoms with Crippen LogP contribution in [0.5, 0.6) is 0 Å². The summed E-state index contributed by atoms with van der Waals surface area (Å²) in [5.74, 6) is -0.154. The third-order valence-electron chi connectivity index (χ3n) is 6.05. The summed E-state index contributed by atoms with van der Waals surface area (Å²) in [5.41, 5.74) is 6.74. The third kappa shape index (κ3) is 9.06. The van der Waals surface area contributed by atoms with Gasteiger partial charge in [0.25, 0.3) is 0 Å². The number of hydrazine groups is 1. The van der Waals surface area contributed by atoms with Crippen LogP contribution in [0.4, 0.5) is 0 Å². The van der Waals surface area contributed by atoms with Gasteiger partial charge in [0.2, 0.25) is 11.8 Å². The zero-order valence-corrected chi connectivity index (χ0v) is 21.2. The van der Waals surface area contributed by atoms with E-state index in [-0.39, 0.29) is 17.7 Å². The van der Waals surface area contributed by atoms with Crippen LogP contribution in [0, 0.1) is 17.8 Å². The average Bonchev–Trinajstić information content (AvgIpc) is 2.86. The van der Waals surface area contributed by atoms with E-state index in [1.807, 2.05) is 46.9 Å². The molecule has 2 aliphatic heterocycles. The normalized spacial score (nSPS) is 21.3.